The van der Waals surface area contributed by atoms with Crippen LogP contribution in [-0.2, 0) is 27.9 Å². The molecule has 2 atom stereocenters. The fourth-order valence-electron chi connectivity index (χ4n) is 7.54. The third kappa shape index (κ3) is 52.9. The van der Waals surface area contributed by atoms with Crippen molar-refractivity contribution in [1.82, 2.24) is 0 Å². The van der Waals surface area contributed by atoms with Crippen LogP contribution in [0, 0.1) is 0 Å². The number of ether oxygens (including phenoxy) is 2. The summed E-state index contributed by atoms with van der Waals surface area (Å²) in [5.41, 5.74) is 5.40. The number of carbonyl (C=O) groups excluding carboxylic acids is 1. The molecule has 9 heteroatoms. The van der Waals surface area contributed by atoms with Crippen molar-refractivity contribution < 1.29 is 32.8 Å². The Morgan fingerprint density at radius 3 is 1.20 bits per heavy atom. The zero-order valence-electron chi connectivity index (χ0n) is 42.9. The summed E-state index contributed by atoms with van der Waals surface area (Å²) >= 11 is 0. The molecule has 0 aromatic rings. The van der Waals surface area contributed by atoms with Gasteiger partial charge >= 0.3 is 13.8 Å². The third-order valence-electron chi connectivity index (χ3n) is 11.6. The Kier molecular flexibility index (Phi) is 52.2. The van der Waals surface area contributed by atoms with Gasteiger partial charge in [0, 0.05) is 19.6 Å². The van der Waals surface area contributed by atoms with Crippen LogP contribution in [0.25, 0.3) is 0 Å². The molecule has 0 heterocycles. The van der Waals surface area contributed by atoms with E-state index in [4.69, 9.17) is 24.3 Å². The third-order valence-corrected chi connectivity index (χ3v) is 12.6. The molecule has 0 fully saturated rings. The zero-order chi connectivity index (χ0) is 48.0. The quantitative estimate of drug-likeness (QED) is 0.0268. The second-order valence-electron chi connectivity index (χ2n) is 18.1. The van der Waals surface area contributed by atoms with E-state index in [1.165, 1.54) is 161 Å². The highest BCUT2D eigenvalue weighted by molar-refractivity contribution is 7.47. The number of hydrogen-bond acceptors (Lipinski definition) is 7. The molecule has 0 amide bonds. The average molecular weight is 946 g/mol. The summed E-state index contributed by atoms with van der Waals surface area (Å²) in [6, 6.07) is 0. The maximum atomic E-state index is 12.7. The van der Waals surface area contributed by atoms with Crippen molar-refractivity contribution in [3.63, 3.8) is 0 Å². The highest BCUT2D eigenvalue weighted by atomic mass is 31.2. The van der Waals surface area contributed by atoms with Gasteiger partial charge in [0.15, 0.2) is 0 Å². The topological polar surface area (TPSA) is 117 Å². The molecule has 0 saturated carbocycles. The molecule has 66 heavy (non-hydrogen) atoms. The van der Waals surface area contributed by atoms with Gasteiger partial charge in [-0.2, -0.15) is 0 Å². The first kappa shape index (κ1) is 63.9. The zero-order valence-corrected chi connectivity index (χ0v) is 43.8. The summed E-state index contributed by atoms with van der Waals surface area (Å²) in [7, 11) is -4.29. The van der Waals surface area contributed by atoms with Crippen LogP contribution in [0.1, 0.15) is 245 Å². The molecule has 0 aromatic carbocycles. The molecule has 0 aliphatic rings. The van der Waals surface area contributed by atoms with Gasteiger partial charge in [0.05, 0.1) is 19.8 Å². The lowest BCUT2D eigenvalue weighted by molar-refractivity contribution is -0.154. The minimum absolute atomic E-state index is 0.0948. The monoisotopic (exact) mass is 946 g/mol. The Labute approximate surface area is 407 Å². The molecule has 0 aliphatic carbocycles. The number of esters is 1. The highest BCUT2D eigenvalue weighted by Gasteiger charge is 2.25. The van der Waals surface area contributed by atoms with Crippen LogP contribution in [0.2, 0.25) is 0 Å². The van der Waals surface area contributed by atoms with Gasteiger partial charge in [0.1, 0.15) is 6.10 Å². The Hall–Kier alpha value is -2.06. The maximum absolute atomic E-state index is 12.7. The van der Waals surface area contributed by atoms with Crippen molar-refractivity contribution >= 4 is 13.8 Å². The van der Waals surface area contributed by atoms with Crippen LogP contribution in [0.15, 0.2) is 72.9 Å². The Morgan fingerprint density at radius 2 is 0.803 bits per heavy atom. The summed E-state index contributed by atoms with van der Waals surface area (Å²) in [5, 5.41) is 0. The number of allylic oxidation sites excluding steroid dienone is 12. The molecule has 0 aliphatic heterocycles. The van der Waals surface area contributed by atoms with E-state index in [1.54, 1.807) is 0 Å². The lowest BCUT2D eigenvalue weighted by Crippen LogP contribution is -2.28. The largest absolute Gasteiger partial charge is 0.472 e. The first-order valence-electron chi connectivity index (χ1n) is 27.4. The van der Waals surface area contributed by atoms with Gasteiger partial charge < -0.3 is 20.1 Å². The predicted molar refractivity (Wildman–Crippen MR) is 284 cm³/mol. The lowest BCUT2D eigenvalue weighted by atomic mass is 10.0. The van der Waals surface area contributed by atoms with Gasteiger partial charge in [-0.05, 0) is 89.9 Å². The number of hydrogen-bond donors (Lipinski definition) is 2. The number of carbonyl (C=O) groups is 1. The lowest BCUT2D eigenvalue weighted by Gasteiger charge is -2.20. The van der Waals surface area contributed by atoms with E-state index in [-0.39, 0.29) is 32.3 Å². The first-order chi connectivity index (χ1) is 32.4. The summed E-state index contributed by atoms with van der Waals surface area (Å²) in [6.07, 6.45) is 69.4. The number of phosphoric acid groups is 1. The average Bonchev–Trinajstić information content (AvgIpc) is 3.31. The smallest absolute Gasteiger partial charge is 0.457 e. The molecular weight excluding hydrogens is 842 g/mol. The Bertz CT molecular complexity index is 1250. The van der Waals surface area contributed by atoms with E-state index in [0.29, 0.717) is 13.0 Å². The summed E-state index contributed by atoms with van der Waals surface area (Å²) in [4.78, 5) is 22.6. The van der Waals surface area contributed by atoms with Crippen molar-refractivity contribution in [1.29, 1.82) is 0 Å². The number of rotatable bonds is 52. The van der Waals surface area contributed by atoms with E-state index in [2.05, 4.69) is 86.8 Å². The SMILES string of the molecule is CCCCCCC/C=C\C/C=C\C/C=C\CCCCCCCCCCCCC(=O)OC(COCCCCCCCCC/C=C\C/C=C\C/C=C\CCCCCCC)COP(=O)(O)OCCN. The van der Waals surface area contributed by atoms with Crippen molar-refractivity contribution in [2.75, 3.05) is 33.0 Å². The fourth-order valence-corrected chi connectivity index (χ4v) is 8.31. The van der Waals surface area contributed by atoms with Gasteiger partial charge in [-0.3, -0.25) is 13.8 Å². The van der Waals surface area contributed by atoms with Crippen LogP contribution < -0.4 is 5.73 Å². The van der Waals surface area contributed by atoms with Gasteiger partial charge in [-0.15, -0.1) is 0 Å². The van der Waals surface area contributed by atoms with Crippen molar-refractivity contribution in [3.05, 3.63) is 72.9 Å². The molecule has 384 valence electrons. The van der Waals surface area contributed by atoms with Crippen molar-refractivity contribution in [2.45, 2.75) is 251 Å². The van der Waals surface area contributed by atoms with Gasteiger partial charge in [0.25, 0.3) is 0 Å². The molecule has 0 aromatic heterocycles. The minimum atomic E-state index is -4.29. The molecule has 0 spiro atoms. The van der Waals surface area contributed by atoms with Crippen LogP contribution in [0.5, 0.6) is 0 Å². The predicted octanol–water partition coefficient (Wildman–Crippen LogP) is 17.4. The second kappa shape index (κ2) is 53.9. The number of phosphoric ester groups is 1. The molecule has 8 nitrogen and oxygen atoms in total. The molecule has 0 radical (unpaired) electrons. The van der Waals surface area contributed by atoms with Crippen LogP contribution in [0.3, 0.4) is 0 Å². The second-order valence-corrected chi connectivity index (χ2v) is 19.5. The summed E-state index contributed by atoms with van der Waals surface area (Å²) in [5.74, 6) is -0.338. The van der Waals surface area contributed by atoms with Gasteiger partial charge in [-0.25, -0.2) is 4.57 Å². The summed E-state index contributed by atoms with van der Waals surface area (Å²) < 4.78 is 33.6. The fraction of sp³-hybridized carbons (Fsp3) is 0.772. The number of unbranched alkanes of at least 4 members (excludes halogenated alkanes) is 27. The van der Waals surface area contributed by atoms with E-state index in [9.17, 15) is 14.3 Å². The molecule has 0 bridgehead atoms. The molecule has 3 N–H and O–H groups in total. The van der Waals surface area contributed by atoms with Crippen LogP contribution in [-0.4, -0.2) is 49.9 Å². The molecule has 2 unspecified atom stereocenters. The van der Waals surface area contributed by atoms with Gasteiger partial charge in [-0.1, -0.05) is 222 Å². The highest BCUT2D eigenvalue weighted by Crippen LogP contribution is 2.43. The number of nitrogens with two attached hydrogens (primary N) is 1. The normalized spacial score (nSPS) is 13.8. The van der Waals surface area contributed by atoms with Crippen LogP contribution >= 0.6 is 7.82 Å². The first-order valence-corrected chi connectivity index (χ1v) is 28.9. The molecule has 0 rings (SSSR count). The van der Waals surface area contributed by atoms with Gasteiger partial charge in [0.2, 0.25) is 0 Å². The minimum Gasteiger partial charge on any atom is -0.457 e. The Balaban J connectivity index is 3.96. The maximum Gasteiger partial charge on any atom is 0.472 e. The molecule has 0 saturated heterocycles. The van der Waals surface area contributed by atoms with Crippen LogP contribution in [0.4, 0.5) is 0 Å². The summed E-state index contributed by atoms with van der Waals surface area (Å²) in [6.45, 7) is 4.89. The van der Waals surface area contributed by atoms with E-state index < -0.39 is 13.9 Å². The van der Waals surface area contributed by atoms with E-state index in [0.717, 1.165) is 64.2 Å². The van der Waals surface area contributed by atoms with Crippen molar-refractivity contribution in [2.24, 2.45) is 5.73 Å². The van der Waals surface area contributed by atoms with Crippen molar-refractivity contribution in [3.8, 4) is 0 Å². The standard InChI is InChI=1S/C57H104NO7P/c1-3-5-7-9-11-13-15-17-19-21-23-25-27-28-29-30-32-34-36-38-40-42-44-46-48-50-57(59)65-56(55-64-66(60,61)63-53-51-58)54-62-52-49-47-45-43-41-39-37-35-33-31-26-24-22-20-18-16-14-12-10-8-6-4-2/h15-18,21-24,27-28,31,33,56H,3-14,19-20,25-26,29-30,32,34-55,58H2,1-2H3,(H,60,61)/b17-15-,18-16-,23-21-,24-22-,28-27-,33-31-. The van der Waals surface area contributed by atoms with E-state index >= 15 is 0 Å². The Morgan fingerprint density at radius 1 is 0.455 bits per heavy atom. The molecular formula is C57H104NO7P. The van der Waals surface area contributed by atoms with E-state index in [1.807, 2.05) is 0 Å².